The summed E-state index contributed by atoms with van der Waals surface area (Å²) in [4.78, 5) is 37.0. The number of nitrogens with zero attached hydrogens (tertiary/aromatic N) is 1. The van der Waals surface area contributed by atoms with Crippen LogP contribution in [0.3, 0.4) is 0 Å². The van der Waals surface area contributed by atoms with Gasteiger partial charge in [0.25, 0.3) is 0 Å². The highest BCUT2D eigenvalue weighted by molar-refractivity contribution is 5.70. The molecule has 0 spiro atoms. The van der Waals surface area contributed by atoms with E-state index in [2.05, 4.69) is 74.6 Å². The number of carbonyl (C=O) groups excluding carboxylic acids is 3. The first-order valence-corrected chi connectivity index (χ1v) is 24.8. The Morgan fingerprint density at radius 1 is 0.508 bits per heavy atom. The van der Waals surface area contributed by atoms with Crippen LogP contribution in [0.2, 0.25) is 0 Å². The fraction of sp³-hybridized carbons (Fsp3) is 0.755. The molecule has 0 aromatic heterocycles. The highest BCUT2D eigenvalue weighted by Crippen LogP contribution is 2.15. The molecule has 8 nitrogen and oxygen atoms in total. The van der Waals surface area contributed by atoms with Gasteiger partial charge in [-0.25, -0.2) is 0 Å². The summed E-state index contributed by atoms with van der Waals surface area (Å²) in [5, 5.41) is 11.7. The van der Waals surface area contributed by atoms with Crippen molar-refractivity contribution in [3.8, 4) is 0 Å². The van der Waals surface area contributed by atoms with Crippen molar-refractivity contribution >= 4 is 17.9 Å². The summed E-state index contributed by atoms with van der Waals surface area (Å²) in [6.07, 6.45) is 53.8. The molecule has 0 aliphatic carbocycles. The zero-order chi connectivity index (χ0) is 44.9. The normalized spacial score (nSPS) is 13.4. The molecule has 0 aromatic carbocycles. The van der Waals surface area contributed by atoms with Gasteiger partial charge in [0.05, 0.1) is 40.3 Å². The van der Waals surface area contributed by atoms with E-state index in [1.54, 1.807) is 21.1 Å². The molecule has 0 heterocycles. The molecular weight excluding hydrogens is 763 g/mol. The van der Waals surface area contributed by atoms with Crippen LogP contribution in [0.4, 0.5) is 0 Å². The largest absolute Gasteiger partial charge is 0.544 e. The van der Waals surface area contributed by atoms with Gasteiger partial charge in [0.1, 0.15) is 12.6 Å². The second-order valence-corrected chi connectivity index (χ2v) is 17.7. The van der Waals surface area contributed by atoms with Crippen molar-refractivity contribution in [1.82, 2.24) is 0 Å². The number of carbonyl (C=O) groups is 3. The molecule has 0 amide bonds. The van der Waals surface area contributed by atoms with Gasteiger partial charge < -0.3 is 28.6 Å². The molecule has 0 saturated heterocycles. The van der Waals surface area contributed by atoms with E-state index in [-0.39, 0.29) is 42.7 Å². The van der Waals surface area contributed by atoms with Crippen LogP contribution >= 0.6 is 0 Å². The number of carboxylic acids is 1. The van der Waals surface area contributed by atoms with Crippen molar-refractivity contribution in [2.45, 2.75) is 219 Å². The number of hydrogen-bond acceptors (Lipinski definition) is 7. The molecule has 2 unspecified atom stereocenters. The summed E-state index contributed by atoms with van der Waals surface area (Å²) in [6.45, 7) is 4.55. The van der Waals surface area contributed by atoms with Crippen molar-refractivity contribution in [2.75, 3.05) is 41.0 Å². The Bertz CT molecular complexity index is 1180. The van der Waals surface area contributed by atoms with E-state index in [1.165, 1.54) is 89.9 Å². The summed E-state index contributed by atoms with van der Waals surface area (Å²) in [5.41, 5.74) is 0. The lowest BCUT2D eigenvalue weighted by Gasteiger charge is -2.34. The number of ether oxygens (including phenoxy) is 3. The minimum Gasteiger partial charge on any atom is -0.544 e. The van der Waals surface area contributed by atoms with E-state index in [0.29, 0.717) is 12.8 Å². The number of esters is 2. The molecule has 0 rings (SSSR count). The van der Waals surface area contributed by atoms with Gasteiger partial charge in [0, 0.05) is 19.3 Å². The number of rotatable bonds is 44. The monoisotopic (exact) mass is 856 g/mol. The average Bonchev–Trinajstić information content (AvgIpc) is 3.22. The van der Waals surface area contributed by atoms with Gasteiger partial charge in [-0.2, -0.15) is 0 Å². The molecule has 0 fully saturated rings. The van der Waals surface area contributed by atoms with Crippen molar-refractivity contribution < 1.29 is 38.2 Å². The minimum absolute atomic E-state index is 0.0345. The van der Waals surface area contributed by atoms with Gasteiger partial charge in [-0.15, -0.1) is 0 Å². The number of quaternary nitrogens is 1. The molecule has 61 heavy (non-hydrogen) atoms. The predicted molar refractivity (Wildman–Crippen MR) is 254 cm³/mol. The van der Waals surface area contributed by atoms with Gasteiger partial charge >= 0.3 is 11.9 Å². The quantitative estimate of drug-likeness (QED) is 0.0260. The van der Waals surface area contributed by atoms with Gasteiger partial charge in [-0.1, -0.05) is 190 Å². The SMILES string of the molecule is CC/C=C/C/C=C/C/C=C/C/C=C/C/C=C/CCCCCCCCC(=O)OC(COCCC(C(=O)[O-])[N+](C)(C)C)COC(=O)CCCCCCCCCCCCCCCCC. The van der Waals surface area contributed by atoms with Gasteiger partial charge in [-0.3, -0.25) is 9.59 Å². The lowest BCUT2D eigenvalue weighted by molar-refractivity contribution is -0.889. The summed E-state index contributed by atoms with van der Waals surface area (Å²) >= 11 is 0. The van der Waals surface area contributed by atoms with Crippen LogP contribution in [0.5, 0.6) is 0 Å². The van der Waals surface area contributed by atoms with Crippen LogP contribution in [0.15, 0.2) is 60.8 Å². The Morgan fingerprint density at radius 2 is 0.918 bits per heavy atom. The van der Waals surface area contributed by atoms with Crippen LogP contribution in [0.1, 0.15) is 206 Å². The number of carboxylic acid groups (broad SMARTS) is 1. The number of unbranched alkanes of at least 4 members (excludes halogenated alkanes) is 20. The van der Waals surface area contributed by atoms with E-state index in [0.717, 1.165) is 83.5 Å². The maximum Gasteiger partial charge on any atom is 0.306 e. The van der Waals surface area contributed by atoms with Gasteiger partial charge in [0.15, 0.2) is 6.10 Å². The molecule has 0 saturated carbocycles. The third kappa shape index (κ3) is 42.1. The molecule has 2 atom stereocenters. The minimum atomic E-state index is -1.13. The van der Waals surface area contributed by atoms with Gasteiger partial charge in [-0.05, 0) is 57.8 Å². The van der Waals surface area contributed by atoms with Gasteiger partial charge in [0.2, 0.25) is 0 Å². The number of aliphatic carboxylic acids is 1. The summed E-state index contributed by atoms with van der Waals surface area (Å²) < 4.78 is 17.2. The number of hydrogen-bond donors (Lipinski definition) is 0. The molecule has 0 aliphatic heterocycles. The van der Waals surface area contributed by atoms with Crippen molar-refractivity contribution in [3.05, 3.63) is 60.8 Å². The highest BCUT2D eigenvalue weighted by Gasteiger charge is 2.25. The summed E-state index contributed by atoms with van der Waals surface area (Å²) in [6, 6.07) is -0.730. The Labute approximate surface area is 375 Å². The first-order valence-electron chi connectivity index (χ1n) is 24.8. The number of allylic oxidation sites excluding steroid dienone is 10. The molecule has 0 aromatic rings. The number of likely N-dealkylation sites (N-methyl/N-ethyl adjacent to an activating group) is 1. The molecule has 352 valence electrons. The van der Waals surface area contributed by atoms with Crippen molar-refractivity contribution in [3.63, 3.8) is 0 Å². The van der Waals surface area contributed by atoms with Crippen LogP contribution in [0.25, 0.3) is 0 Å². The van der Waals surface area contributed by atoms with Crippen LogP contribution in [-0.4, -0.2) is 75.5 Å². The third-order valence-electron chi connectivity index (χ3n) is 10.9. The molecule has 0 N–H and O–H groups in total. The molecular formula is C53H93NO7. The Balaban J connectivity index is 4.30. The smallest absolute Gasteiger partial charge is 0.306 e. The predicted octanol–water partition coefficient (Wildman–Crippen LogP) is 12.8. The highest BCUT2D eigenvalue weighted by atomic mass is 16.6. The van der Waals surface area contributed by atoms with Crippen LogP contribution in [-0.2, 0) is 28.6 Å². The maximum absolute atomic E-state index is 12.8. The van der Waals surface area contributed by atoms with Crippen LogP contribution < -0.4 is 5.11 Å². The Kier molecular flexibility index (Phi) is 41.5. The second kappa shape index (κ2) is 43.7. The maximum atomic E-state index is 12.8. The second-order valence-electron chi connectivity index (χ2n) is 17.7. The Morgan fingerprint density at radius 3 is 1.36 bits per heavy atom. The molecule has 0 radical (unpaired) electrons. The van der Waals surface area contributed by atoms with Crippen LogP contribution in [0, 0.1) is 0 Å². The average molecular weight is 856 g/mol. The van der Waals surface area contributed by atoms with E-state index in [4.69, 9.17) is 14.2 Å². The van der Waals surface area contributed by atoms with Crippen molar-refractivity contribution in [2.24, 2.45) is 0 Å². The molecule has 0 aliphatic rings. The summed E-state index contributed by atoms with van der Waals surface area (Å²) in [5.74, 6) is -1.75. The first kappa shape index (κ1) is 58.0. The standard InChI is InChI=1S/C53H93NO7/c1-6-8-10-12-14-16-18-20-22-23-24-25-26-27-28-30-32-34-36-38-40-42-44-52(56)61-49(47-59-46-45-50(53(57)58)54(3,4)5)48-60-51(55)43-41-39-37-35-33-31-29-21-19-17-15-13-11-9-7-2/h8,10,14,16,20,22,24-25,27-28,49-50H,6-7,9,11-13,15,17-19,21,23,26,29-48H2,1-5H3/b10-8+,16-14+,22-20+,25-24+,28-27+. The molecule has 0 bridgehead atoms. The summed E-state index contributed by atoms with van der Waals surface area (Å²) in [7, 11) is 5.41. The Hall–Kier alpha value is -2.97. The lowest BCUT2D eigenvalue weighted by Crippen LogP contribution is -2.55. The first-order chi connectivity index (χ1) is 29.6. The zero-order valence-electron chi connectivity index (χ0n) is 40.1. The molecule has 8 heteroatoms. The van der Waals surface area contributed by atoms with Crippen molar-refractivity contribution in [1.29, 1.82) is 0 Å². The van der Waals surface area contributed by atoms with E-state index >= 15 is 0 Å². The van der Waals surface area contributed by atoms with E-state index < -0.39 is 18.1 Å². The topological polar surface area (TPSA) is 102 Å². The fourth-order valence-electron chi connectivity index (χ4n) is 7.10. The van der Waals surface area contributed by atoms with E-state index in [1.807, 2.05) is 0 Å². The lowest BCUT2D eigenvalue weighted by atomic mass is 10.0. The zero-order valence-corrected chi connectivity index (χ0v) is 40.1. The fourth-order valence-corrected chi connectivity index (χ4v) is 7.10. The van der Waals surface area contributed by atoms with E-state index in [9.17, 15) is 19.5 Å². The third-order valence-corrected chi connectivity index (χ3v) is 10.9.